The van der Waals surface area contributed by atoms with Crippen LogP contribution in [0.1, 0.15) is 50.7 Å². The summed E-state index contributed by atoms with van der Waals surface area (Å²) in [5.41, 5.74) is 4.90. The Labute approximate surface area is 197 Å². The van der Waals surface area contributed by atoms with Crippen LogP contribution in [0.25, 0.3) is 0 Å². The van der Waals surface area contributed by atoms with Gasteiger partial charge in [0.2, 0.25) is 11.8 Å². The topological polar surface area (TPSA) is 89.0 Å². The van der Waals surface area contributed by atoms with Crippen molar-refractivity contribution in [3.8, 4) is 11.5 Å². The van der Waals surface area contributed by atoms with Gasteiger partial charge < -0.3 is 14.8 Å². The molecule has 8 heteroatoms. The third-order valence-corrected chi connectivity index (χ3v) is 5.07. The van der Waals surface area contributed by atoms with Crippen LogP contribution in [0.4, 0.5) is 5.69 Å². The van der Waals surface area contributed by atoms with Crippen LogP contribution < -0.4 is 20.2 Å². The number of aryl methyl sites for hydroxylation is 1. The lowest BCUT2D eigenvalue weighted by Gasteiger charge is -2.14. The van der Waals surface area contributed by atoms with E-state index in [1.165, 1.54) is 6.21 Å². The molecule has 0 aliphatic heterocycles. The Hall–Kier alpha value is -2.87. The Morgan fingerprint density at radius 1 is 1.09 bits per heavy atom. The van der Waals surface area contributed by atoms with Crippen molar-refractivity contribution < 1.29 is 19.1 Å². The van der Waals surface area contributed by atoms with Gasteiger partial charge in [-0.25, -0.2) is 5.43 Å². The highest BCUT2D eigenvalue weighted by Gasteiger charge is 2.12. The average molecular weight is 504 g/mol. The number of carbonyl (C=O) groups is 2. The Morgan fingerprint density at radius 2 is 1.84 bits per heavy atom. The molecule has 0 bridgehead atoms. The number of hydrazone groups is 1. The fourth-order valence-electron chi connectivity index (χ4n) is 2.77. The van der Waals surface area contributed by atoms with Gasteiger partial charge in [-0.05, 0) is 65.5 Å². The smallest absolute Gasteiger partial charge is 0.240 e. The molecule has 2 N–H and O–H groups in total. The molecule has 7 nitrogen and oxygen atoms in total. The minimum absolute atomic E-state index is 0.0349. The van der Waals surface area contributed by atoms with Gasteiger partial charge in [-0.1, -0.05) is 31.5 Å². The maximum Gasteiger partial charge on any atom is 0.240 e. The van der Waals surface area contributed by atoms with E-state index in [0.717, 1.165) is 34.1 Å². The minimum atomic E-state index is -0.343. The molecular weight excluding hydrogens is 474 g/mol. The van der Waals surface area contributed by atoms with E-state index < -0.39 is 0 Å². The predicted octanol–water partition coefficient (Wildman–Crippen LogP) is 5.20. The summed E-state index contributed by atoms with van der Waals surface area (Å²) >= 11 is 3.52. The monoisotopic (exact) mass is 503 g/mol. The first kappa shape index (κ1) is 25.4. The second-order valence-corrected chi connectivity index (χ2v) is 7.98. The van der Waals surface area contributed by atoms with Crippen molar-refractivity contribution in [1.82, 2.24) is 5.43 Å². The zero-order valence-electron chi connectivity index (χ0n) is 18.7. The second-order valence-electron chi connectivity index (χ2n) is 7.12. The van der Waals surface area contributed by atoms with Crippen molar-refractivity contribution in [2.45, 2.75) is 46.5 Å². The van der Waals surface area contributed by atoms with Crippen LogP contribution in [-0.4, -0.2) is 31.2 Å². The highest BCUT2D eigenvalue weighted by molar-refractivity contribution is 9.10. The number of benzene rings is 2. The van der Waals surface area contributed by atoms with Crippen molar-refractivity contribution in [2.75, 3.05) is 18.5 Å². The molecule has 2 aromatic rings. The van der Waals surface area contributed by atoms with Crippen LogP contribution in [0.3, 0.4) is 0 Å². The molecule has 0 saturated heterocycles. The van der Waals surface area contributed by atoms with Crippen LogP contribution >= 0.6 is 15.9 Å². The molecule has 2 aromatic carbocycles. The molecule has 172 valence electrons. The first-order valence-corrected chi connectivity index (χ1v) is 11.5. The van der Waals surface area contributed by atoms with Gasteiger partial charge in [-0.15, -0.1) is 0 Å². The minimum Gasteiger partial charge on any atom is -0.490 e. The molecule has 0 aliphatic carbocycles. The van der Waals surface area contributed by atoms with E-state index in [4.69, 9.17) is 9.47 Å². The van der Waals surface area contributed by atoms with Gasteiger partial charge in [0.15, 0.2) is 11.5 Å². The number of hydrogen-bond donors (Lipinski definition) is 2. The van der Waals surface area contributed by atoms with E-state index in [2.05, 4.69) is 38.7 Å². The van der Waals surface area contributed by atoms with Gasteiger partial charge in [0.25, 0.3) is 0 Å². The normalized spacial score (nSPS) is 10.8. The molecule has 0 saturated carbocycles. The molecule has 0 radical (unpaired) electrons. The van der Waals surface area contributed by atoms with Crippen molar-refractivity contribution in [3.63, 3.8) is 0 Å². The molecule has 32 heavy (non-hydrogen) atoms. The van der Waals surface area contributed by atoms with E-state index in [9.17, 15) is 9.59 Å². The molecule has 0 unspecified atom stereocenters. The number of amides is 2. The van der Waals surface area contributed by atoms with E-state index in [-0.39, 0.29) is 24.7 Å². The van der Waals surface area contributed by atoms with E-state index in [1.807, 2.05) is 44.2 Å². The first-order valence-electron chi connectivity index (χ1n) is 10.7. The van der Waals surface area contributed by atoms with Gasteiger partial charge in [-0.2, -0.15) is 5.10 Å². The summed E-state index contributed by atoms with van der Waals surface area (Å²) in [6, 6.07) is 11.1. The van der Waals surface area contributed by atoms with Gasteiger partial charge >= 0.3 is 0 Å². The number of para-hydroxylation sites is 1. The number of nitrogens with zero attached hydrogens (tertiary/aromatic N) is 1. The Balaban J connectivity index is 1.88. The van der Waals surface area contributed by atoms with Crippen LogP contribution in [0.2, 0.25) is 0 Å². The van der Waals surface area contributed by atoms with Gasteiger partial charge in [0.1, 0.15) is 0 Å². The van der Waals surface area contributed by atoms with Gasteiger partial charge in [0, 0.05) is 18.5 Å². The van der Waals surface area contributed by atoms with Crippen molar-refractivity contribution >= 4 is 39.6 Å². The average Bonchev–Trinajstić information content (AvgIpc) is 2.76. The van der Waals surface area contributed by atoms with Crippen LogP contribution in [-0.2, 0) is 9.59 Å². The van der Waals surface area contributed by atoms with Crippen molar-refractivity contribution in [3.05, 3.63) is 52.0 Å². The van der Waals surface area contributed by atoms with Crippen LogP contribution in [0.15, 0.2) is 46.0 Å². The number of ether oxygens (including phenoxy) is 2. The molecule has 2 amide bonds. The lowest BCUT2D eigenvalue weighted by Crippen LogP contribution is -2.20. The summed E-state index contributed by atoms with van der Waals surface area (Å²) in [6.45, 7) is 7.02. The summed E-state index contributed by atoms with van der Waals surface area (Å²) in [5, 5.41) is 6.80. The maximum atomic E-state index is 12.1. The fraction of sp³-hybridized carbons (Fsp3) is 0.375. The molecule has 2 rings (SSSR count). The van der Waals surface area contributed by atoms with Crippen molar-refractivity contribution in [1.29, 1.82) is 0 Å². The lowest BCUT2D eigenvalue weighted by molar-refractivity contribution is -0.124. The molecule has 0 heterocycles. The Morgan fingerprint density at radius 3 is 2.56 bits per heavy atom. The predicted molar refractivity (Wildman–Crippen MR) is 130 cm³/mol. The van der Waals surface area contributed by atoms with E-state index >= 15 is 0 Å². The standard InChI is InChI=1S/C24H30BrN3O4/c1-4-6-13-32-24-19(25)14-18(15-21(24)31-5-2)16-26-28-23(30)12-11-22(29)27-20-10-8-7-9-17(20)3/h7-10,14-16H,4-6,11-13H2,1-3H3,(H,27,29)(H,28,30). The summed E-state index contributed by atoms with van der Waals surface area (Å²) in [7, 11) is 0. The molecule has 0 fully saturated rings. The molecular formula is C24H30BrN3O4. The largest absolute Gasteiger partial charge is 0.490 e. The fourth-order valence-corrected chi connectivity index (χ4v) is 3.35. The number of rotatable bonds is 12. The van der Waals surface area contributed by atoms with Crippen molar-refractivity contribution in [2.24, 2.45) is 5.10 Å². The summed E-state index contributed by atoms with van der Waals surface area (Å²) < 4.78 is 12.3. The number of hydrogen-bond acceptors (Lipinski definition) is 5. The number of unbranched alkanes of at least 4 members (excludes halogenated alkanes) is 1. The quantitative estimate of drug-likeness (QED) is 0.236. The number of anilines is 1. The van der Waals surface area contributed by atoms with Crippen LogP contribution in [0.5, 0.6) is 11.5 Å². The second kappa shape index (κ2) is 13.5. The lowest BCUT2D eigenvalue weighted by atomic mass is 10.2. The Bertz CT molecular complexity index is 947. The molecule has 0 atom stereocenters. The van der Waals surface area contributed by atoms with Gasteiger partial charge in [-0.3, -0.25) is 9.59 Å². The zero-order valence-corrected chi connectivity index (χ0v) is 20.3. The van der Waals surface area contributed by atoms with E-state index in [1.54, 1.807) is 6.07 Å². The number of halogens is 1. The first-order chi connectivity index (χ1) is 15.4. The summed E-state index contributed by atoms with van der Waals surface area (Å²) in [5.74, 6) is 0.701. The highest BCUT2D eigenvalue weighted by Crippen LogP contribution is 2.36. The number of carbonyl (C=O) groups excluding carboxylic acids is 2. The molecule has 0 spiro atoms. The third kappa shape index (κ3) is 8.34. The zero-order chi connectivity index (χ0) is 23.3. The maximum absolute atomic E-state index is 12.1. The Kier molecular flexibility index (Phi) is 10.7. The summed E-state index contributed by atoms with van der Waals surface area (Å²) in [4.78, 5) is 24.1. The number of nitrogens with one attached hydrogen (secondary N) is 2. The van der Waals surface area contributed by atoms with Crippen LogP contribution in [0, 0.1) is 6.92 Å². The highest BCUT2D eigenvalue weighted by atomic mass is 79.9. The summed E-state index contributed by atoms with van der Waals surface area (Å²) in [6.07, 6.45) is 3.62. The van der Waals surface area contributed by atoms with E-state index in [0.29, 0.717) is 24.7 Å². The molecule has 0 aliphatic rings. The third-order valence-electron chi connectivity index (χ3n) is 4.48. The SMILES string of the molecule is CCCCOc1c(Br)cc(C=NNC(=O)CCC(=O)Nc2ccccc2C)cc1OCC. The van der Waals surface area contributed by atoms with Gasteiger partial charge in [0.05, 0.1) is 23.9 Å². The molecule has 0 aromatic heterocycles.